The molecule has 0 saturated carbocycles. The van der Waals surface area contributed by atoms with Gasteiger partial charge in [0, 0.05) is 12.1 Å². The molecule has 1 amide bonds. The fourth-order valence-corrected chi connectivity index (χ4v) is 2.25. The normalized spacial score (nSPS) is 14.3. The number of benzene rings is 1. The number of hydrogen-bond acceptors (Lipinski definition) is 2. The fourth-order valence-electron chi connectivity index (χ4n) is 2.05. The Morgan fingerprint density at radius 1 is 1.37 bits per heavy atom. The minimum Gasteiger partial charge on any atom is -0.338 e. The number of rotatable bonds is 5. The van der Waals surface area contributed by atoms with E-state index in [2.05, 4.69) is 13.8 Å². The number of hydrogen-bond donors (Lipinski definition) is 1. The van der Waals surface area contributed by atoms with Crippen molar-refractivity contribution in [1.82, 2.24) is 4.90 Å². The molecule has 0 aromatic heterocycles. The fraction of sp³-hybridized carbons (Fsp3) is 0.533. The van der Waals surface area contributed by atoms with Gasteiger partial charge in [0.05, 0.1) is 12.1 Å². The Labute approximate surface area is 120 Å². The molecule has 4 heteroatoms. The predicted molar refractivity (Wildman–Crippen MR) is 80.1 cm³/mol. The lowest BCUT2D eigenvalue weighted by molar-refractivity contribution is -0.133. The average molecular weight is 283 g/mol. The Hall–Kier alpha value is -1.06. The third-order valence-corrected chi connectivity index (χ3v) is 3.54. The molecule has 0 radical (unpaired) electrons. The van der Waals surface area contributed by atoms with Gasteiger partial charge in [-0.25, -0.2) is 0 Å². The van der Waals surface area contributed by atoms with Gasteiger partial charge in [0.25, 0.3) is 0 Å². The van der Waals surface area contributed by atoms with Crippen molar-refractivity contribution in [2.24, 2.45) is 11.7 Å². The SMILES string of the molecule is CC(C)CC(N)C(=O)N(C)C(C)c1cccc(Cl)c1. The summed E-state index contributed by atoms with van der Waals surface area (Å²) in [5, 5.41) is 0.677. The summed E-state index contributed by atoms with van der Waals surface area (Å²) in [6, 6.07) is 7.08. The zero-order valence-corrected chi connectivity index (χ0v) is 12.8. The Bertz CT molecular complexity index is 434. The van der Waals surface area contributed by atoms with Crippen molar-refractivity contribution in [2.75, 3.05) is 7.05 Å². The van der Waals surface area contributed by atoms with Crippen molar-refractivity contribution in [3.05, 3.63) is 34.9 Å². The van der Waals surface area contributed by atoms with E-state index in [-0.39, 0.29) is 11.9 Å². The molecule has 106 valence electrons. The van der Waals surface area contributed by atoms with E-state index in [4.69, 9.17) is 17.3 Å². The summed E-state index contributed by atoms with van der Waals surface area (Å²) in [6.45, 7) is 6.10. The maximum absolute atomic E-state index is 12.2. The highest BCUT2D eigenvalue weighted by atomic mass is 35.5. The highest BCUT2D eigenvalue weighted by Crippen LogP contribution is 2.22. The number of halogens is 1. The second-order valence-electron chi connectivity index (χ2n) is 5.42. The topological polar surface area (TPSA) is 46.3 Å². The van der Waals surface area contributed by atoms with Gasteiger partial charge in [0.1, 0.15) is 0 Å². The molecule has 3 nitrogen and oxygen atoms in total. The molecule has 0 fully saturated rings. The minimum atomic E-state index is -0.438. The summed E-state index contributed by atoms with van der Waals surface area (Å²) in [5.41, 5.74) is 6.96. The standard InChI is InChI=1S/C15H23ClN2O/c1-10(2)8-14(17)15(19)18(4)11(3)12-6-5-7-13(16)9-12/h5-7,9-11,14H,8,17H2,1-4H3. The van der Waals surface area contributed by atoms with Crippen LogP contribution >= 0.6 is 11.6 Å². The minimum absolute atomic E-state index is 0.0267. The van der Waals surface area contributed by atoms with Crippen LogP contribution in [0.3, 0.4) is 0 Å². The van der Waals surface area contributed by atoms with Crippen molar-refractivity contribution < 1.29 is 4.79 Å². The van der Waals surface area contributed by atoms with Gasteiger partial charge in [-0.05, 0) is 37.0 Å². The van der Waals surface area contributed by atoms with E-state index in [1.165, 1.54) is 0 Å². The van der Waals surface area contributed by atoms with E-state index in [1.807, 2.05) is 31.2 Å². The molecule has 2 N–H and O–H groups in total. The molecular weight excluding hydrogens is 260 g/mol. The summed E-state index contributed by atoms with van der Waals surface area (Å²) < 4.78 is 0. The zero-order valence-electron chi connectivity index (χ0n) is 12.1. The van der Waals surface area contributed by atoms with Gasteiger partial charge in [-0.15, -0.1) is 0 Å². The lowest BCUT2D eigenvalue weighted by Gasteiger charge is -2.28. The summed E-state index contributed by atoms with van der Waals surface area (Å²) >= 11 is 5.98. The molecular formula is C15H23ClN2O. The lowest BCUT2D eigenvalue weighted by atomic mass is 10.0. The van der Waals surface area contributed by atoms with Gasteiger partial charge in [-0.1, -0.05) is 37.6 Å². The van der Waals surface area contributed by atoms with Crippen LogP contribution in [0.1, 0.15) is 38.8 Å². The summed E-state index contributed by atoms with van der Waals surface area (Å²) in [7, 11) is 1.79. The molecule has 0 bridgehead atoms. The first-order chi connectivity index (χ1) is 8.82. The number of carbonyl (C=O) groups excluding carboxylic acids is 1. The Morgan fingerprint density at radius 3 is 2.53 bits per heavy atom. The predicted octanol–water partition coefficient (Wildman–Crippen LogP) is 3.23. The second kappa shape index (κ2) is 6.92. The number of carbonyl (C=O) groups is 1. The van der Waals surface area contributed by atoms with Crippen LogP contribution in [0.25, 0.3) is 0 Å². The number of likely N-dealkylation sites (N-methyl/N-ethyl adjacent to an activating group) is 1. The van der Waals surface area contributed by atoms with Crippen LogP contribution in [0.5, 0.6) is 0 Å². The van der Waals surface area contributed by atoms with E-state index in [0.29, 0.717) is 17.4 Å². The van der Waals surface area contributed by atoms with Crippen molar-refractivity contribution in [1.29, 1.82) is 0 Å². The molecule has 0 heterocycles. The van der Waals surface area contributed by atoms with E-state index < -0.39 is 6.04 Å². The highest BCUT2D eigenvalue weighted by molar-refractivity contribution is 6.30. The monoisotopic (exact) mass is 282 g/mol. The zero-order chi connectivity index (χ0) is 14.6. The third-order valence-electron chi connectivity index (χ3n) is 3.30. The maximum Gasteiger partial charge on any atom is 0.239 e. The van der Waals surface area contributed by atoms with Gasteiger partial charge in [0.15, 0.2) is 0 Å². The molecule has 0 aliphatic heterocycles. The summed E-state index contributed by atoms with van der Waals surface area (Å²) in [6.07, 6.45) is 0.700. The van der Waals surface area contributed by atoms with E-state index in [9.17, 15) is 4.79 Å². The van der Waals surface area contributed by atoms with Crippen LogP contribution in [0.15, 0.2) is 24.3 Å². The van der Waals surface area contributed by atoms with Crippen LogP contribution in [0, 0.1) is 5.92 Å². The van der Waals surface area contributed by atoms with Crippen molar-refractivity contribution in [2.45, 2.75) is 39.3 Å². The molecule has 1 aromatic carbocycles. The molecule has 0 saturated heterocycles. The van der Waals surface area contributed by atoms with Gasteiger partial charge in [-0.3, -0.25) is 4.79 Å². The number of amides is 1. The Morgan fingerprint density at radius 2 is 2.00 bits per heavy atom. The summed E-state index contributed by atoms with van der Waals surface area (Å²) in [5.74, 6) is 0.384. The molecule has 1 rings (SSSR count). The second-order valence-corrected chi connectivity index (χ2v) is 5.85. The van der Waals surface area contributed by atoms with Crippen molar-refractivity contribution >= 4 is 17.5 Å². The smallest absolute Gasteiger partial charge is 0.239 e. The quantitative estimate of drug-likeness (QED) is 0.901. The first-order valence-corrected chi connectivity index (χ1v) is 6.98. The molecule has 2 atom stereocenters. The Balaban J connectivity index is 2.76. The number of nitrogens with two attached hydrogens (primary N) is 1. The van der Waals surface area contributed by atoms with Gasteiger partial charge in [-0.2, -0.15) is 0 Å². The van der Waals surface area contributed by atoms with E-state index >= 15 is 0 Å². The first-order valence-electron chi connectivity index (χ1n) is 6.60. The molecule has 19 heavy (non-hydrogen) atoms. The van der Waals surface area contributed by atoms with Crippen LogP contribution in [-0.4, -0.2) is 23.9 Å². The first kappa shape index (κ1) is 16.0. The van der Waals surface area contributed by atoms with Gasteiger partial charge >= 0.3 is 0 Å². The molecule has 1 aromatic rings. The largest absolute Gasteiger partial charge is 0.338 e. The third kappa shape index (κ3) is 4.51. The molecule has 2 unspecified atom stereocenters. The Kier molecular flexibility index (Phi) is 5.83. The van der Waals surface area contributed by atoms with Crippen LogP contribution in [-0.2, 0) is 4.79 Å². The van der Waals surface area contributed by atoms with E-state index in [0.717, 1.165) is 5.56 Å². The lowest BCUT2D eigenvalue weighted by Crippen LogP contribution is -2.43. The molecule has 0 aliphatic carbocycles. The van der Waals surface area contributed by atoms with Crippen LogP contribution in [0.4, 0.5) is 0 Å². The molecule has 0 aliphatic rings. The van der Waals surface area contributed by atoms with Crippen molar-refractivity contribution in [3.8, 4) is 0 Å². The van der Waals surface area contributed by atoms with Gasteiger partial charge < -0.3 is 10.6 Å². The highest BCUT2D eigenvalue weighted by Gasteiger charge is 2.23. The summed E-state index contributed by atoms with van der Waals surface area (Å²) in [4.78, 5) is 13.9. The van der Waals surface area contributed by atoms with Crippen molar-refractivity contribution in [3.63, 3.8) is 0 Å². The van der Waals surface area contributed by atoms with Gasteiger partial charge in [0.2, 0.25) is 5.91 Å². The average Bonchev–Trinajstić information content (AvgIpc) is 2.35. The van der Waals surface area contributed by atoms with E-state index in [1.54, 1.807) is 11.9 Å². The number of nitrogens with zero attached hydrogens (tertiary/aromatic N) is 1. The molecule has 0 spiro atoms. The maximum atomic E-state index is 12.2. The van der Waals surface area contributed by atoms with Crippen LogP contribution in [0.2, 0.25) is 5.02 Å². The van der Waals surface area contributed by atoms with Crippen LogP contribution < -0.4 is 5.73 Å².